The highest BCUT2D eigenvalue weighted by atomic mass is 32.1. The molecule has 1 amide bonds. The van der Waals surface area contributed by atoms with Crippen LogP contribution in [0.15, 0.2) is 24.3 Å². The van der Waals surface area contributed by atoms with Crippen LogP contribution in [0.2, 0.25) is 0 Å². The summed E-state index contributed by atoms with van der Waals surface area (Å²) in [5.41, 5.74) is 0.794. The van der Waals surface area contributed by atoms with Crippen molar-refractivity contribution in [2.24, 2.45) is 0 Å². The highest BCUT2D eigenvalue weighted by molar-refractivity contribution is 7.80. The van der Waals surface area contributed by atoms with E-state index in [1.54, 1.807) is 17.0 Å². The number of carbonyl (C=O) groups excluding carboxylic acids is 1. The summed E-state index contributed by atoms with van der Waals surface area (Å²) in [5.74, 6) is 0.351. The van der Waals surface area contributed by atoms with Crippen LogP contribution >= 0.6 is 12.6 Å². The fourth-order valence-corrected chi connectivity index (χ4v) is 2.21. The van der Waals surface area contributed by atoms with Gasteiger partial charge in [-0.3, -0.25) is 4.79 Å². The van der Waals surface area contributed by atoms with Crippen molar-refractivity contribution in [2.45, 2.75) is 31.7 Å². The number of carbonyl (C=O) groups is 1. The normalized spacial score (nSPS) is 15.4. The molecule has 92 valence electrons. The highest BCUT2D eigenvalue weighted by Crippen LogP contribution is 2.30. The molecule has 1 aromatic carbocycles. The van der Waals surface area contributed by atoms with Gasteiger partial charge in [0, 0.05) is 18.2 Å². The van der Waals surface area contributed by atoms with Gasteiger partial charge >= 0.3 is 0 Å². The van der Waals surface area contributed by atoms with Crippen LogP contribution in [-0.4, -0.2) is 17.7 Å². The minimum Gasteiger partial charge on any atom is -0.309 e. The van der Waals surface area contributed by atoms with Gasteiger partial charge in [0.2, 0.25) is 5.91 Å². The number of hydrogen-bond donors (Lipinski definition) is 1. The molecule has 1 fully saturated rings. The van der Waals surface area contributed by atoms with Crippen molar-refractivity contribution in [3.05, 3.63) is 30.1 Å². The Balaban J connectivity index is 2.19. The van der Waals surface area contributed by atoms with Crippen LogP contribution in [0.4, 0.5) is 10.1 Å². The standard InChI is InChI=1S/C13H16FNOS/c14-10-4-6-12(7-5-10)15(11-2-1-3-11)13(16)8-9-17/h4-7,11,17H,1-3,8-9H2. The number of nitrogens with zero attached hydrogens (tertiary/aromatic N) is 1. The number of halogens is 1. The molecular weight excluding hydrogens is 237 g/mol. The lowest BCUT2D eigenvalue weighted by Crippen LogP contribution is -2.44. The van der Waals surface area contributed by atoms with E-state index in [1.807, 2.05) is 0 Å². The molecule has 0 aliphatic heterocycles. The second kappa shape index (κ2) is 5.54. The van der Waals surface area contributed by atoms with Gasteiger partial charge in [-0.2, -0.15) is 12.6 Å². The van der Waals surface area contributed by atoms with E-state index in [1.165, 1.54) is 12.1 Å². The molecule has 1 aromatic rings. The zero-order valence-corrected chi connectivity index (χ0v) is 10.5. The Hall–Kier alpha value is -1.03. The van der Waals surface area contributed by atoms with E-state index in [4.69, 9.17) is 0 Å². The van der Waals surface area contributed by atoms with E-state index in [9.17, 15) is 9.18 Å². The Morgan fingerprint density at radius 2 is 2.00 bits per heavy atom. The fraction of sp³-hybridized carbons (Fsp3) is 0.462. The Kier molecular flexibility index (Phi) is 4.05. The summed E-state index contributed by atoms with van der Waals surface area (Å²) < 4.78 is 12.9. The Morgan fingerprint density at radius 3 is 2.47 bits per heavy atom. The lowest BCUT2D eigenvalue weighted by Gasteiger charge is -2.37. The van der Waals surface area contributed by atoms with E-state index in [0.717, 1.165) is 24.9 Å². The van der Waals surface area contributed by atoms with Gasteiger partial charge in [0.1, 0.15) is 5.82 Å². The molecule has 17 heavy (non-hydrogen) atoms. The zero-order chi connectivity index (χ0) is 12.3. The molecule has 2 rings (SSSR count). The van der Waals surface area contributed by atoms with E-state index in [2.05, 4.69) is 12.6 Å². The van der Waals surface area contributed by atoms with Gasteiger partial charge in [-0.25, -0.2) is 4.39 Å². The molecule has 1 saturated carbocycles. The SMILES string of the molecule is O=C(CCS)N(c1ccc(F)cc1)C1CCC1. The van der Waals surface area contributed by atoms with Gasteiger partial charge in [-0.15, -0.1) is 0 Å². The first-order valence-electron chi connectivity index (χ1n) is 5.91. The predicted molar refractivity (Wildman–Crippen MR) is 70.0 cm³/mol. The smallest absolute Gasteiger partial charge is 0.228 e. The third kappa shape index (κ3) is 2.80. The summed E-state index contributed by atoms with van der Waals surface area (Å²) >= 11 is 4.09. The number of hydrogen-bond acceptors (Lipinski definition) is 2. The van der Waals surface area contributed by atoms with Crippen LogP contribution in [0.1, 0.15) is 25.7 Å². The molecule has 4 heteroatoms. The maximum Gasteiger partial charge on any atom is 0.228 e. The van der Waals surface area contributed by atoms with Crippen molar-refractivity contribution < 1.29 is 9.18 Å². The predicted octanol–water partition coefficient (Wildman–Crippen LogP) is 3.03. The maximum absolute atomic E-state index is 12.9. The first-order valence-corrected chi connectivity index (χ1v) is 6.54. The van der Waals surface area contributed by atoms with E-state index in [-0.39, 0.29) is 17.8 Å². The quantitative estimate of drug-likeness (QED) is 0.818. The van der Waals surface area contributed by atoms with Crippen LogP contribution in [0.5, 0.6) is 0 Å². The molecule has 0 atom stereocenters. The third-order valence-electron chi connectivity index (χ3n) is 3.14. The first kappa shape index (κ1) is 12.4. The molecule has 0 bridgehead atoms. The number of thiol groups is 1. The van der Waals surface area contributed by atoms with Gasteiger partial charge in [0.05, 0.1) is 0 Å². The van der Waals surface area contributed by atoms with Crippen LogP contribution in [0, 0.1) is 5.82 Å². The van der Waals surface area contributed by atoms with Crippen LogP contribution in [-0.2, 0) is 4.79 Å². The largest absolute Gasteiger partial charge is 0.309 e. The number of amides is 1. The fourth-order valence-electron chi connectivity index (χ4n) is 2.02. The van der Waals surface area contributed by atoms with E-state index >= 15 is 0 Å². The van der Waals surface area contributed by atoms with Crippen LogP contribution in [0.3, 0.4) is 0 Å². The lowest BCUT2D eigenvalue weighted by molar-refractivity contribution is -0.119. The monoisotopic (exact) mass is 253 g/mol. The van der Waals surface area contributed by atoms with Gasteiger partial charge in [-0.1, -0.05) is 0 Å². The summed E-state index contributed by atoms with van der Waals surface area (Å²) in [7, 11) is 0. The van der Waals surface area contributed by atoms with Crippen molar-refractivity contribution in [1.82, 2.24) is 0 Å². The molecule has 0 radical (unpaired) electrons. The van der Waals surface area contributed by atoms with Crippen molar-refractivity contribution in [3.8, 4) is 0 Å². The van der Waals surface area contributed by atoms with Crippen LogP contribution < -0.4 is 4.90 Å². The Labute approximate surface area is 106 Å². The molecule has 0 saturated heterocycles. The molecule has 0 spiro atoms. The zero-order valence-electron chi connectivity index (χ0n) is 9.60. The minimum atomic E-state index is -0.274. The Morgan fingerprint density at radius 1 is 1.35 bits per heavy atom. The average molecular weight is 253 g/mol. The third-order valence-corrected chi connectivity index (χ3v) is 3.36. The van der Waals surface area contributed by atoms with Gasteiger partial charge < -0.3 is 4.90 Å². The number of benzene rings is 1. The molecule has 0 aromatic heterocycles. The maximum atomic E-state index is 12.9. The van der Waals surface area contributed by atoms with E-state index in [0.29, 0.717) is 12.2 Å². The lowest BCUT2D eigenvalue weighted by atomic mass is 9.90. The van der Waals surface area contributed by atoms with Crippen molar-refractivity contribution in [2.75, 3.05) is 10.7 Å². The van der Waals surface area contributed by atoms with Crippen molar-refractivity contribution in [1.29, 1.82) is 0 Å². The molecule has 2 nitrogen and oxygen atoms in total. The molecular formula is C13H16FNOS. The molecule has 1 aliphatic rings. The highest BCUT2D eigenvalue weighted by Gasteiger charge is 2.29. The first-order chi connectivity index (χ1) is 8.22. The average Bonchev–Trinajstić information content (AvgIpc) is 2.25. The van der Waals surface area contributed by atoms with Crippen LogP contribution in [0.25, 0.3) is 0 Å². The summed E-state index contributed by atoms with van der Waals surface area (Å²) in [6, 6.07) is 6.42. The minimum absolute atomic E-state index is 0.0799. The Bertz CT molecular complexity index is 389. The van der Waals surface area contributed by atoms with Gasteiger partial charge in [-0.05, 0) is 49.3 Å². The van der Waals surface area contributed by atoms with E-state index < -0.39 is 0 Å². The molecule has 0 unspecified atom stereocenters. The van der Waals surface area contributed by atoms with Gasteiger partial charge in [0.25, 0.3) is 0 Å². The number of rotatable bonds is 4. The second-order valence-electron chi connectivity index (χ2n) is 4.30. The molecule has 0 N–H and O–H groups in total. The topological polar surface area (TPSA) is 20.3 Å². The summed E-state index contributed by atoms with van der Waals surface area (Å²) in [6.45, 7) is 0. The molecule has 1 aliphatic carbocycles. The molecule has 0 heterocycles. The summed E-state index contributed by atoms with van der Waals surface area (Å²) in [4.78, 5) is 13.9. The van der Waals surface area contributed by atoms with Crippen molar-refractivity contribution >= 4 is 24.2 Å². The van der Waals surface area contributed by atoms with Gasteiger partial charge in [0.15, 0.2) is 0 Å². The second-order valence-corrected chi connectivity index (χ2v) is 4.75. The number of anilines is 1. The summed E-state index contributed by atoms with van der Waals surface area (Å²) in [5, 5.41) is 0. The summed E-state index contributed by atoms with van der Waals surface area (Å²) in [6.07, 6.45) is 3.67. The van der Waals surface area contributed by atoms with Crippen molar-refractivity contribution in [3.63, 3.8) is 0 Å².